The first-order chi connectivity index (χ1) is 12.1. The van der Waals surface area contributed by atoms with Gasteiger partial charge in [0, 0.05) is 20.1 Å². The Morgan fingerprint density at radius 2 is 1.88 bits per heavy atom. The van der Waals surface area contributed by atoms with Gasteiger partial charge in [0.25, 0.3) is 5.91 Å². The molecule has 1 N–H and O–H groups in total. The van der Waals surface area contributed by atoms with Crippen LogP contribution in [0.4, 0.5) is 0 Å². The monoisotopic (exact) mass is 402 g/mol. The molecular formula is C17H23ClN2O5S. The minimum atomic E-state index is -3.75. The molecule has 7 nitrogen and oxygen atoms in total. The number of rotatable bonds is 5. The van der Waals surface area contributed by atoms with Crippen LogP contribution in [0.3, 0.4) is 0 Å². The van der Waals surface area contributed by atoms with Crippen LogP contribution in [0.15, 0.2) is 23.1 Å². The zero-order valence-corrected chi connectivity index (χ0v) is 16.6. The summed E-state index contributed by atoms with van der Waals surface area (Å²) >= 11 is 6.01. The van der Waals surface area contributed by atoms with E-state index in [9.17, 15) is 18.0 Å². The summed E-state index contributed by atoms with van der Waals surface area (Å²) in [5.41, 5.74) is -0.0882. The van der Waals surface area contributed by atoms with Crippen molar-refractivity contribution >= 4 is 33.5 Å². The Hall–Kier alpha value is -1.64. The minimum absolute atomic E-state index is 0.0184. The number of halogens is 1. The number of amides is 1. The maximum Gasteiger partial charge on any atom is 0.340 e. The molecule has 1 aromatic rings. The van der Waals surface area contributed by atoms with E-state index in [0.29, 0.717) is 13.1 Å². The van der Waals surface area contributed by atoms with Gasteiger partial charge in [0.15, 0.2) is 6.61 Å². The zero-order chi connectivity index (χ0) is 19.5. The fraction of sp³-hybridized carbons (Fsp3) is 0.529. The molecule has 2 atom stereocenters. The fourth-order valence-electron chi connectivity index (χ4n) is 3.05. The van der Waals surface area contributed by atoms with Crippen LogP contribution in [0.1, 0.15) is 30.6 Å². The molecule has 26 heavy (non-hydrogen) atoms. The Morgan fingerprint density at radius 1 is 1.27 bits per heavy atom. The SMILES string of the molecule is CNC(=O)COC(=O)c1cc(S(=O)(=O)N2C[C@H](C)C[C@H](C)C2)ccc1Cl. The number of hydrogen-bond acceptors (Lipinski definition) is 5. The lowest BCUT2D eigenvalue weighted by Gasteiger charge is -2.34. The Balaban J connectivity index is 2.27. The third-order valence-electron chi connectivity index (χ3n) is 4.24. The summed E-state index contributed by atoms with van der Waals surface area (Å²) in [5, 5.41) is 2.38. The van der Waals surface area contributed by atoms with Crippen molar-refractivity contribution in [2.45, 2.75) is 25.2 Å². The van der Waals surface area contributed by atoms with Gasteiger partial charge < -0.3 is 10.1 Å². The third kappa shape index (κ3) is 4.75. The largest absolute Gasteiger partial charge is 0.452 e. The van der Waals surface area contributed by atoms with Crippen molar-refractivity contribution in [1.29, 1.82) is 0 Å². The van der Waals surface area contributed by atoms with Crippen LogP contribution in [0.2, 0.25) is 5.02 Å². The molecule has 0 bridgehead atoms. The number of likely N-dealkylation sites (N-methyl/N-ethyl adjacent to an activating group) is 1. The van der Waals surface area contributed by atoms with Gasteiger partial charge in [-0.05, 0) is 36.5 Å². The molecule has 1 fully saturated rings. The molecule has 0 aromatic heterocycles. The van der Waals surface area contributed by atoms with Gasteiger partial charge in [-0.25, -0.2) is 13.2 Å². The van der Waals surface area contributed by atoms with Gasteiger partial charge in [-0.3, -0.25) is 4.79 Å². The number of carbonyl (C=O) groups excluding carboxylic acids is 2. The van der Waals surface area contributed by atoms with Gasteiger partial charge in [0.05, 0.1) is 15.5 Å². The maximum absolute atomic E-state index is 12.9. The van der Waals surface area contributed by atoms with Gasteiger partial charge in [0.1, 0.15) is 0 Å². The Kier molecular flexibility index (Phi) is 6.65. The summed E-state index contributed by atoms with van der Waals surface area (Å²) in [5.74, 6) is -0.804. The summed E-state index contributed by atoms with van der Waals surface area (Å²) in [4.78, 5) is 23.3. The lowest BCUT2D eigenvalue weighted by atomic mass is 9.94. The van der Waals surface area contributed by atoms with E-state index < -0.39 is 28.5 Å². The van der Waals surface area contributed by atoms with Crippen molar-refractivity contribution in [2.75, 3.05) is 26.7 Å². The second kappa shape index (κ2) is 8.37. The van der Waals surface area contributed by atoms with E-state index in [1.165, 1.54) is 29.6 Å². The van der Waals surface area contributed by atoms with Crippen LogP contribution in [-0.4, -0.2) is 51.3 Å². The lowest BCUT2D eigenvalue weighted by Crippen LogP contribution is -2.42. The zero-order valence-electron chi connectivity index (χ0n) is 15.0. The van der Waals surface area contributed by atoms with E-state index in [0.717, 1.165) is 6.42 Å². The fourth-order valence-corrected chi connectivity index (χ4v) is 4.95. The summed E-state index contributed by atoms with van der Waals surface area (Å²) in [6.07, 6.45) is 0.976. The lowest BCUT2D eigenvalue weighted by molar-refractivity contribution is -0.123. The number of nitrogens with zero attached hydrogens (tertiary/aromatic N) is 1. The number of esters is 1. The highest BCUT2D eigenvalue weighted by molar-refractivity contribution is 7.89. The van der Waals surface area contributed by atoms with E-state index in [-0.39, 0.29) is 27.3 Å². The molecule has 2 rings (SSSR count). The van der Waals surface area contributed by atoms with Gasteiger partial charge in [-0.15, -0.1) is 0 Å². The minimum Gasteiger partial charge on any atom is -0.452 e. The van der Waals surface area contributed by atoms with Gasteiger partial charge in [0.2, 0.25) is 10.0 Å². The molecule has 1 saturated heterocycles. The second-order valence-electron chi connectivity index (χ2n) is 6.66. The number of sulfonamides is 1. The van der Waals surface area contributed by atoms with E-state index in [1.54, 1.807) is 0 Å². The topological polar surface area (TPSA) is 92.8 Å². The van der Waals surface area contributed by atoms with Crippen molar-refractivity contribution in [1.82, 2.24) is 9.62 Å². The standard InChI is InChI=1S/C17H23ClN2O5S/c1-11-6-12(2)9-20(8-11)26(23,24)13-4-5-15(18)14(7-13)17(22)25-10-16(21)19-3/h4-5,7,11-12H,6,8-10H2,1-3H3,(H,19,21)/t11-,12+. The molecule has 144 valence electrons. The van der Waals surface area contributed by atoms with Gasteiger partial charge in [-0.1, -0.05) is 25.4 Å². The quantitative estimate of drug-likeness (QED) is 0.759. The highest BCUT2D eigenvalue weighted by atomic mass is 35.5. The molecule has 0 radical (unpaired) electrons. The number of hydrogen-bond donors (Lipinski definition) is 1. The van der Waals surface area contributed by atoms with Crippen LogP contribution in [0, 0.1) is 11.8 Å². The van der Waals surface area contributed by atoms with Crippen molar-refractivity contribution in [3.8, 4) is 0 Å². The van der Waals surface area contributed by atoms with Crippen LogP contribution < -0.4 is 5.32 Å². The molecule has 1 aromatic carbocycles. The highest BCUT2D eigenvalue weighted by Crippen LogP contribution is 2.28. The predicted octanol–water partition coefficient (Wildman–Crippen LogP) is 1.91. The van der Waals surface area contributed by atoms with E-state index >= 15 is 0 Å². The number of benzene rings is 1. The molecule has 0 saturated carbocycles. The van der Waals surface area contributed by atoms with Crippen LogP contribution >= 0.6 is 11.6 Å². The first-order valence-electron chi connectivity index (χ1n) is 8.32. The average Bonchev–Trinajstić information content (AvgIpc) is 2.58. The number of carbonyl (C=O) groups is 2. The maximum atomic E-state index is 12.9. The molecule has 1 aliphatic rings. The molecule has 1 aliphatic heterocycles. The molecule has 0 spiro atoms. The smallest absolute Gasteiger partial charge is 0.340 e. The van der Waals surface area contributed by atoms with Gasteiger partial charge in [-0.2, -0.15) is 4.31 Å². The van der Waals surface area contributed by atoms with Crippen molar-refractivity contribution in [3.63, 3.8) is 0 Å². The molecule has 1 heterocycles. The Bertz CT molecular complexity index is 786. The first kappa shape index (κ1) is 20.7. The average molecular weight is 403 g/mol. The summed E-state index contributed by atoms with van der Waals surface area (Å²) in [6, 6.07) is 3.92. The Labute approximate surface area is 158 Å². The second-order valence-corrected chi connectivity index (χ2v) is 9.00. The number of ether oxygens (including phenoxy) is 1. The van der Waals surface area contributed by atoms with Crippen molar-refractivity contribution in [3.05, 3.63) is 28.8 Å². The first-order valence-corrected chi connectivity index (χ1v) is 10.1. The summed E-state index contributed by atoms with van der Waals surface area (Å²) in [7, 11) is -2.34. The normalized spacial score (nSPS) is 21.2. The Morgan fingerprint density at radius 3 is 2.46 bits per heavy atom. The van der Waals surface area contributed by atoms with Crippen molar-refractivity contribution < 1.29 is 22.7 Å². The molecular weight excluding hydrogens is 380 g/mol. The number of nitrogens with one attached hydrogen (secondary N) is 1. The summed E-state index contributed by atoms with van der Waals surface area (Å²) in [6.45, 7) is 4.44. The van der Waals surface area contributed by atoms with E-state index in [2.05, 4.69) is 5.32 Å². The highest BCUT2D eigenvalue weighted by Gasteiger charge is 2.32. The number of piperidine rings is 1. The molecule has 0 aliphatic carbocycles. The van der Waals surface area contributed by atoms with Gasteiger partial charge >= 0.3 is 5.97 Å². The van der Waals surface area contributed by atoms with Crippen molar-refractivity contribution in [2.24, 2.45) is 11.8 Å². The van der Waals surface area contributed by atoms with Crippen LogP contribution in [-0.2, 0) is 19.6 Å². The summed E-state index contributed by atoms with van der Waals surface area (Å²) < 4.78 is 32.2. The van der Waals surface area contributed by atoms with Crippen LogP contribution in [0.5, 0.6) is 0 Å². The molecule has 1 amide bonds. The van der Waals surface area contributed by atoms with E-state index in [4.69, 9.17) is 16.3 Å². The van der Waals surface area contributed by atoms with Crippen LogP contribution in [0.25, 0.3) is 0 Å². The predicted molar refractivity (Wildman–Crippen MR) is 97.5 cm³/mol. The molecule has 0 unspecified atom stereocenters. The van der Waals surface area contributed by atoms with E-state index in [1.807, 2.05) is 13.8 Å². The third-order valence-corrected chi connectivity index (χ3v) is 6.40. The molecule has 9 heteroatoms.